The van der Waals surface area contributed by atoms with Crippen molar-refractivity contribution >= 4 is 11.0 Å². The molecular weight excluding hydrogens is 296 g/mol. The molecule has 2 aromatic carbocycles. The first kappa shape index (κ1) is 16.5. The molecule has 0 spiro atoms. The SMILES string of the molecule is CCCCCCCc1ccc2oc(-c3ccccc3)cc(=O)c2c1. The molecule has 0 amide bonds. The fourth-order valence-corrected chi connectivity index (χ4v) is 3.04. The first-order valence-electron chi connectivity index (χ1n) is 8.90. The number of fused-ring (bicyclic) bond motifs is 1. The second-order valence-corrected chi connectivity index (χ2v) is 6.34. The highest BCUT2D eigenvalue weighted by atomic mass is 16.3. The molecule has 0 aliphatic rings. The molecule has 2 nitrogen and oxygen atoms in total. The summed E-state index contributed by atoms with van der Waals surface area (Å²) in [5.74, 6) is 0.625. The van der Waals surface area contributed by atoms with Gasteiger partial charge in [-0.25, -0.2) is 0 Å². The Kier molecular flexibility index (Phi) is 5.47. The Morgan fingerprint density at radius 1 is 0.875 bits per heavy atom. The van der Waals surface area contributed by atoms with E-state index in [2.05, 4.69) is 13.0 Å². The van der Waals surface area contributed by atoms with Crippen LogP contribution in [-0.4, -0.2) is 0 Å². The fourth-order valence-electron chi connectivity index (χ4n) is 3.04. The number of rotatable bonds is 7. The van der Waals surface area contributed by atoms with Gasteiger partial charge in [0, 0.05) is 11.6 Å². The zero-order valence-corrected chi connectivity index (χ0v) is 14.3. The minimum absolute atomic E-state index is 0.0305. The van der Waals surface area contributed by atoms with Crippen LogP contribution in [0, 0.1) is 0 Å². The Bertz CT molecular complexity index is 847. The molecule has 0 saturated carbocycles. The second-order valence-electron chi connectivity index (χ2n) is 6.34. The van der Waals surface area contributed by atoms with Crippen LogP contribution in [0.15, 0.2) is 63.8 Å². The lowest BCUT2D eigenvalue weighted by Crippen LogP contribution is -2.01. The first-order valence-corrected chi connectivity index (χ1v) is 8.90. The number of hydrogen-bond acceptors (Lipinski definition) is 2. The topological polar surface area (TPSA) is 30.2 Å². The summed E-state index contributed by atoms with van der Waals surface area (Å²) in [6, 6.07) is 17.4. The quantitative estimate of drug-likeness (QED) is 0.502. The monoisotopic (exact) mass is 320 g/mol. The van der Waals surface area contributed by atoms with Crippen LogP contribution in [0.1, 0.15) is 44.6 Å². The van der Waals surface area contributed by atoms with Gasteiger partial charge in [0.2, 0.25) is 0 Å². The highest BCUT2D eigenvalue weighted by molar-refractivity contribution is 5.79. The molecule has 0 aliphatic heterocycles. The van der Waals surface area contributed by atoms with E-state index in [0.717, 1.165) is 12.0 Å². The third kappa shape index (κ3) is 3.94. The molecule has 0 atom stereocenters. The smallest absolute Gasteiger partial charge is 0.193 e. The molecule has 124 valence electrons. The summed E-state index contributed by atoms with van der Waals surface area (Å²) in [4.78, 5) is 12.5. The first-order chi connectivity index (χ1) is 11.8. The van der Waals surface area contributed by atoms with Crippen molar-refractivity contribution in [2.24, 2.45) is 0 Å². The molecule has 0 N–H and O–H groups in total. The average Bonchev–Trinajstić information content (AvgIpc) is 2.62. The molecule has 1 heterocycles. The summed E-state index contributed by atoms with van der Waals surface area (Å²) < 4.78 is 5.94. The van der Waals surface area contributed by atoms with Gasteiger partial charge >= 0.3 is 0 Å². The summed E-state index contributed by atoms with van der Waals surface area (Å²) in [6.45, 7) is 2.23. The van der Waals surface area contributed by atoms with Gasteiger partial charge in [-0.2, -0.15) is 0 Å². The van der Waals surface area contributed by atoms with Crippen LogP contribution in [0.25, 0.3) is 22.3 Å². The lowest BCUT2D eigenvalue weighted by molar-refractivity contribution is 0.617. The van der Waals surface area contributed by atoms with E-state index in [1.807, 2.05) is 42.5 Å². The highest BCUT2D eigenvalue weighted by Crippen LogP contribution is 2.23. The zero-order chi connectivity index (χ0) is 16.8. The molecular formula is C22H24O2. The standard InChI is InChI=1S/C22H24O2/c1-2-3-4-5-7-10-17-13-14-21-19(15-17)20(23)16-22(24-21)18-11-8-6-9-12-18/h6,8-9,11-16H,2-5,7,10H2,1H3. The van der Waals surface area contributed by atoms with Gasteiger partial charge in [0.1, 0.15) is 11.3 Å². The Labute approximate surface area is 143 Å². The number of hydrogen-bond donors (Lipinski definition) is 0. The molecule has 2 heteroatoms. The molecule has 3 aromatic rings. The third-order valence-electron chi connectivity index (χ3n) is 4.42. The van der Waals surface area contributed by atoms with Crippen molar-refractivity contribution in [2.45, 2.75) is 45.4 Å². The molecule has 0 radical (unpaired) electrons. The Morgan fingerprint density at radius 3 is 2.46 bits per heavy atom. The van der Waals surface area contributed by atoms with E-state index < -0.39 is 0 Å². The molecule has 0 unspecified atom stereocenters. The van der Waals surface area contributed by atoms with E-state index in [9.17, 15) is 4.79 Å². The van der Waals surface area contributed by atoms with Crippen molar-refractivity contribution in [3.63, 3.8) is 0 Å². The van der Waals surface area contributed by atoms with Crippen molar-refractivity contribution in [2.75, 3.05) is 0 Å². The van der Waals surface area contributed by atoms with Gasteiger partial charge in [-0.3, -0.25) is 4.79 Å². The molecule has 0 saturated heterocycles. The van der Waals surface area contributed by atoms with Crippen LogP contribution in [-0.2, 0) is 6.42 Å². The number of aryl methyl sites for hydroxylation is 1. The fraction of sp³-hybridized carbons (Fsp3) is 0.318. The van der Waals surface area contributed by atoms with Crippen molar-refractivity contribution < 1.29 is 4.42 Å². The Hall–Kier alpha value is -2.35. The van der Waals surface area contributed by atoms with E-state index >= 15 is 0 Å². The van der Waals surface area contributed by atoms with Gasteiger partial charge < -0.3 is 4.42 Å². The predicted molar refractivity (Wildman–Crippen MR) is 100 cm³/mol. The van der Waals surface area contributed by atoms with E-state index in [4.69, 9.17) is 4.42 Å². The molecule has 0 bridgehead atoms. The maximum absolute atomic E-state index is 12.5. The van der Waals surface area contributed by atoms with Crippen molar-refractivity contribution in [1.82, 2.24) is 0 Å². The Balaban J connectivity index is 1.81. The minimum Gasteiger partial charge on any atom is -0.456 e. The van der Waals surface area contributed by atoms with Crippen molar-refractivity contribution in [1.29, 1.82) is 0 Å². The van der Waals surface area contributed by atoms with E-state index in [1.54, 1.807) is 6.07 Å². The van der Waals surface area contributed by atoms with E-state index in [-0.39, 0.29) is 5.43 Å². The molecule has 1 aromatic heterocycles. The summed E-state index contributed by atoms with van der Waals surface area (Å²) in [6.07, 6.45) is 7.34. The molecule has 0 aliphatic carbocycles. The summed E-state index contributed by atoms with van der Waals surface area (Å²) in [5, 5.41) is 0.681. The normalized spacial score (nSPS) is 11.0. The van der Waals surface area contributed by atoms with Crippen molar-refractivity contribution in [3.05, 3.63) is 70.4 Å². The van der Waals surface area contributed by atoms with Crippen LogP contribution in [0.4, 0.5) is 0 Å². The van der Waals surface area contributed by atoms with Gasteiger partial charge in [-0.05, 0) is 30.5 Å². The van der Waals surface area contributed by atoms with Crippen LogP contribution >= 0.6 is 0 Å². The minimum atomic E-state index is 0.0305. The lowest BCUT2D eigenvalue weighted by atomic mass is 10.0. The van der Waals surface area contributed by atoms with Crippen LogP contribution in [0.2, 0.25) is 0 Å². The number of unbranched alkanes of at least 4 members (excludes halogenated alkanes) is 4. The highest BCUT2D eigenvalue weighted by Gasteiger charge is 2.07. The van der Waals surface area contributed by atoms with Crippen LogP contribution < -0.4 is 5.43 Å². The maximum atomic E-state index is 12.5. The average molecular weight is 320 g/mol. The van der Waals surface area contributed by atoms with Gasteiger partial charge in [0.25, 0.3) is 0 Å². The predicted octanol–water partition coefficient (Wildman–Crippen LogP) is 5.97. The number of benzene rings is 2. The summed E-state index contributed by atoms with van der Waals surface area (Å²) in [7, 11) is 0. The molecule has 24 heavy (non-hydrogen) atoms. The lowest BCUT2D eigenvalue weighted by Gasteiger charge is -2.06. The summed E-state index contributed by atoms with van der Waals surface area (Å²) >= 11 is 0. The van der Waals surface area contributed by atoms with Crippen molar-refractivity contribution in [3.8, 4) is 11.3 Å². The van der Waals surface area contributed by atoms with Gasteiger partial charge in [-0.15, -0.1) is 0 Å². The van der Waals surface area contributed by atoms with Crippen LogP contribution in [0.3, 0.4) is 0 Å². The van der Waals surface area contributed by atoms with Gasteiger partial charge in [0.15, 0.2) is 5.43 Å². The van der Waals surface area contributed by atoms with Gasteiger partial charge in [0.05, 0.1) is 5.39 Å². The zero-order valence-electron chi connectivity index (χ0n) is 14.3. The second kappa shape index (κ2) is 7.96. The third-order valence-corrected chi connectivity index (χ3v) is 4.42. The van der Waals surface area contributed by atoms with Crippen LogP contribution in [0.5, 0.6) is 0 Å². The molecule has 3 rings (SSSR count). The van der Waals surface area contributed by atoms with Gasteiger partial charge in [-0.1, -0.05) is 69.0 Å². The largest absolute Gasteiger partial charge is 0.456 e. The molecule has 0 fully saturated rings. The van der Waals surface area contributed by atoms with E-state index in [1.165, 1.54) is 37.7 Å². The Morgan fingerprint density at radius 2 is 1.67 bits per heavy atom. The summed E-state index contributed by atoms with van der Waals surface area (Å²) in [5.41, 5.74) is 2.84. The van der Waals surface area contributed by atoms with E-state index in [0.29, 0.717) is 16.7 Å². The maximum Gasteiger partial charge on any atom is 0.193 e.